The van der Waals surface area contributed by atoms with Gasteiger partial charge in [0.25, 0.3) is 5.91 Å². The molecular formula is C21H20N4O3S. The topological polar surface area (TPSA) is 121 Å². The molecule has 4 aromatic rings. The molecule has 0 spiro atoms. The van der Waals surface area contributed by atoms with Crippen LogP contribution in [0.1, 0.15) is 37.9 Å². The first kappa shape index (κ1) is 20.2. The van der Waals surface area contributed by atoms with E-state index in [9.17, 15) is 9.59 Å². The number of benzene rings is 1. The highest BCUT2D eigenvalue weighted by Gasteiger charge is 2.09. The van der Waals surface area contributed by atoms with Crippen LogP contribution in [0.15, 0.2) is 67.0 Å². The Hall–Kier alpha value is -3.49. The number of aromatic amines is 1. The van der Waals surface area contributed by atoms with Crippen molar-refractivity contribution in [2.45, 2.75) is 13.0 Å². The Bertz CT molecular complexity index is 1120. The number of fused-ring (bicyclic) bond motifs is 1. The van der Waals surface area contributed by atoms with Gasteiger partial charge in [-0.1, -0.05) is 18.2 Å². The van der Waals surface area contributed by atoms with Crippen LogP contribution < -0.4 is 11.1 Å². The summed E-state index contributed by atoms with van der Waals surface area (Å²) in [6.07, 6.45) is 3.47. The van der Waals surface area contributed by atoms with Crippen molar-refractivity contribution < 1.29 is 14.7 Å². The lowest BCUT2D eigenvalue weighted by molar-refractivity contribution is 0.0702. The molecule has 0 bridgehead atoms. The Morgan fingerprint density at radius 3 is 2.52 bits per heavy atom. The second-order valence-corrected chi connectivity index (χ2v) is 7.33. The van der Waals surface area contributed by atoms with E-state index < -0.39 is 5.97 Å². The molecule has 0 aliphatic rings. The van der Waals surface area contributed by atoms with Crippen LogP contribution in [0.25, 0.3) is 11.0 Å². The quantitative estimate of drug-likeness (QED) is 0.401. The fraction of sp³-hybridized carbons (Fsp3) is 0.0952. The lowest BCUT2D eigenvalue weighted by Gasteiger charge is -2.05. The molecule has 0 aliphatic carbocycles. The molecule has 8 heteroatoms. The first-order valence-electron chi connectivity index (χ1n) is 8.83. The number of carboxylic acid groups (broad SMARTS) is 1. The minimum Gasteiger partial charge on any atom is -0.477 e. The largest absolute Gasteiger partial charge is 0.477 e. The minimum atomic E-state index is -0.887. The molecular weight excluding hydrogens is 388 g/mol. The van der Waals surface area contributed by atoms with Gasteiger partial charge in [-0.05, 0) is 43.3 Å². The van der Waals surface area contributed by atoms with E-state index in [0.717, 1.165) is 21.6 Å². The van der Waals surface area contributed by atoms with Crippen LogP contribution in [-0.2, 0) is 0 Å². The number of amides is 1. The third-order valence-electron chi connectivity index (χ3n) is 4.03. The van der Waals surface area contributed by atoms with Crippen molar-refractivity contribution >= 4 is 39.9 Å². The van der Waals surface area contributed by atoms with Crippen molar-refractivity contribution in [1.29, 1.82) is 0 Å². The Kier molecular flexibility index (Phi) is 6.38. The van der Waals surface area contributed by atoms with Crippen molar-refractivity contribution in [3.05, 3.63) is 82.3 Å². The summed E-state index contributed by atoms with van der Waals surface area (Å²) in [4.78, 5) is 30.9. The molecule has 3 heterocycles. The number of carbonyl (C=O) groups excluding carboxylic acids is 1. The number of nitrogens with two attached hydrogens (primary N) is 1. The van der Waals surface area contributed by atoms with Crippen LogP contribution in [0, 0.1) is 0 Å². The molecule has 3 aromatic heterocycles. The number of carbonyl (C=O) groups is 2. The third-order valence-corrected chi connectivity index (χ3v) is 5.30. The summed E-state index contributed by atoms with van der Waals surface area (Å²) < 4.78 is 0. The molecule has 0 saturated carbocycles. The number of hydrogen-bond acceptors (Lipinski definition) is 5. The predicted molar refractivity (Wildman–Crippen MR) is 114 cm³/mol. The summed E-state index contributed by atoms with van der Waals surface area (Å²) in [5.41, 5.74) is 7.71. The summed E-state index contributed by atoms with van der Waals surface area (Å²) in [5, 5.41) is 12.3. The number of nitrogens with one attached hydrogen (secondary N) is 2. The number of aromatic carboxylic acids is 1. The minimum absolute atomic E-state index is 0.0758. The molecule has 0 radical (unpaired) electrons. The summed E-state index contributed by atoms with van der Waals surface area (Å²) in [5.74, 6) is -1.01. The van der Waals surface area contributed by atoms with Gasteiger partial charge in [-0.15, -0.1) is 11.3 Å². The van der Waals surface area contributed by atoms with Crippen molar-refractivity contribution in [2.75, 3.05) is 5.32 Å². The van der Waals surface area contributed by atoms with Crippen molar-refractivity contribution in [2.24, 2.45) is 5.73 Å². The maximum Gasteiger partial charge on any atom is 0.345 e. The Morgan fingerprint density at radius 2 is 1.90 bits per heavy atom. The molecule has 0 saturated heterocycles. The van der Waals surface area contributed by atoms with Gasteiger partial charge < -0.3 is 21.1 Å². The second-order valence-electron chi connectivity index (χ2n) is 6.21. The smallest absolute Gasteiger partial charge is 0.345 e. The van der Waals surface area contributed by atoms with Crippen LogP contribution in [0.2, 0.25) is 0 Å². The highest BCUT2D eigenvalue weighted by molar-refractivity contribution is 7.14. The number of anilines is 1. The average Bonchev–Trinajstić information content (AvgIpc) is 3.39. The molecule has 1 amide bonds. The molecule has 5 N–H and O–H groups in total. The SMILES string of the molecule is CC(N)c1ccc(C(=O)O)s1.O=C(Nc1ccnc2[nH]ccc12)c1ccccc1. The highest BCUT2D eigenvalue weighted by Crippen LogP contribution is 2.21. The van der Waals surface area contributed by atoms with Crippen molar-refractivity contribution in [3.8, 4) is 0 Å². The lowest BCUT2D eigenvalue weighted by atomic mass is 10.2. The van der Waals surface area contributed by atoms with E-state index in [1.165, 1.54) is 11.3 Å². The number of thiophene rings is 1. The van der Waals surface area contributed by atoms with Crippen LogP contribution in [-0.4, -0.2) is 27.0 Å². The predicted octanol–water partition coefficient (Wildman–Crippen LogP) is 4.28. The van der Waals surface area contributed by atoms with Crippen LogP contribution in [0.4, 0.5) is 5.69 Å². The van der Waals surface area contributed by atoms with Gasteiger partial charge in [-0.2, -0.15) is 0 Å². The maximum absolute atomic E-state index is 12.0. The zero-order chi connectivity index (χ0) is 20.8. The van der Waals surface area contributed by atoms with Crippen molar-refractivity contribution in [3.63, 3.8) is 0 Å². The van der Waals surface area contributed by atoms with E-state index in [1.54, 1.807) is 42.7 Å². The lowest BCUT2D eigenvalue weighted by Crippen LogP contribution is -2.11. The van der Waals surface area contributed by atoms with Crippen LogP contribution in [0.5, 0.6) is 0 Å². The van der Waals surface area contributed by atoms with Gasteiger partial charge >= 0.3 is 5.97 Å². The Morgan fingerprint density at radius 1 is 1.14 bits per heavy atom. The van der Waals surface area contributed by atoms with E-state index in [2.05, 4.69) is 15.3 Å². The van der Waals surface area contributed by atoms with E-state index >= 15 is 0 Å². The molecule has 1 aromatic carbocycles. The van der Waals surface area contributed by atoms with Gasteiger partial charge in [0.05, 0.1) is 5.69 Å². The normalized spacial score (nSPS) is 11.4. The van der Waals surface area contributed by atoms with Crippen molar-refractivity contribution in [1.82, 2.24) is 9.97 Å². The zero-order valence-corrected chi connectivity index (χ0v) is 16.4. The molecule has 0 aliphatic heterocycles. The zero-order valence-electron chi connectivity index (χ0n) is 15.6. The van der Waals surface area contributed by atoms with E-state index in [1.807, 2.05) is 31.2 Å². The summed E-state index contributed by atoms with van der Waals surface area (Å²) in [6.45, 7) is 1.83. The van der Waals surface area contributed by atoms with Gasteiger partial charge in [0, 0.05) is 34.3 Å². The molecule has 1 unspecified atom stereocenters. The van der Waals surface area contributed by atoms with Gasteiger partial charge in [-0.25, -0.2) is 9.78 Å². The number of carboxylic acids is 1. The van der Waals surface area contributed by atoms with Gasteiger partial charge in [0.2, 0.25) is 0 Å². The van der Waals surface area contributed by atoms with Gasteiger partial charge in [0.15, 0.2) is 0 Å². The molecule has 148 valence electrons. The van der Waals surface area contributed by atoms with Gasteiger partial charge in [-0.3, -0.25) is 4.79 Å². The fourth-order valence-electron chi connectivity index (χ4n) is 2.57. The Balaban J connectivity index is 0.000000188. The molecule has 0 fully saturated rings. The first-order chi connectivity index (χ1) is 14.0. The van der Waals surface area contributed by atoms with Crippen LogP contribution >= 0.6 is 11.3 Å². The van der Waals surface area contributed by atoms with E-state index in [-0.39, 0.29) is 11.9 Å². The summed E-state index contributed by atoms with van der Waals surface area (Å²) >= 11 is 1.22. The molecule has 29 heavy (non-hydrogen) atoms. The number of pyridine rings is 1. The maximum atomic E-state index is 12.0. The number of nitrogens with zero attached hydrogens (tertiary/aromatic N) is 1. The summed E-state index contributed by atoms with van der Waals surface area (Å²) in [7, 11) is 0. The average molecular weight is 408 g/mol. The van der Waals surface area contributed by atoms with E-state index in [4.69, 9.17) is 10.8 Å². The highest BCUT2D eigenvalue weighted by atomic mass is 32.1. The fourth-order valence-corrected chi connectivity index (χ4v) is 3.37. The second kappa shape index (κ2) is 9.13. The number of H-pyrrole nitrogens is 1. The van der Waals surface area contributed by atoms with E-state index in [0.29, 0.717) is 10.4 Å². The standard InChI is InChI=1S/C14H11N3O.C7H9NO2S/c18-14(10-4-2-1-3-5-10)17-12-7-9-16-13-11(12)6-8-15-13;1-4(8)5-2-3-6(11-5)7(9)10/h1-9H,(H2,15,16,17,18);2-4H,8H2,1H3,(H,9,10). The van der Waals surface area contributed by atoms with Crippen LogP contribution in [0.3, 0.4) is 0 Å². The Labute approximate surface area is 171 Å². The number of aromatic nitrogens is 2. The summed E-state index contributed by atoms with van der Waals surface area (Å²) in [6, 6.07) is 16.1. The number of rotatable bonds is 4. The number of hydrogen-bond donors (Lipinski definition) is 4. The monoisotopic (exact) mass is 408 g/mol. The molecule has 7 nitrogen and oxygen atoms in total. The van der Waals surface area contributed by atoms with Gasteiger partial charge in [0.1, 0.15) is 10.5 Å². The third kappa shape index (κ3) is 5.07. The molecule has 4 rings (SSSR count). The first-order valence-corrected chi connectivity index (χ1v) is 9.64. The molecule has 1 atom stereocenters.